The van der Waals surface area contributed by atoms with Crippen LogP contribution in [0, 0.1) is 19.3 Å². The first-order chi connectivity index (χ1) is 5.27. The predicted molar refractivity (Wildman–Crippen MR) is 49.7 cm³/mol. The summed E-state index contributed by atoms with van der Waals surface area (Å²) in [5, 5.41) is 3.06. The lowest BCUT2D eigenvalue weighted by Crippen LogP contribution is -2.12. The maximum Gasteiger partial charge on any atom is 0.103 e. The van der Waals surface area contributed by atoms with Gasteiger partial charge in [-0.05, 0) is 26.1 Å². The molecule has 1 rings (SSSR count). The summed E-state index contributed by atoms with van der Waals surface area (Å²) >= 11 is 1.74. The van der Waals surface area contributed by atoms with Gasteiger partial charge < -0.3 is 5.32 Å². The fraction of sp³-hybridized carbons (Fsp3) is 0.333. The van der Waals surface area contributed by atoms with E-state index in [-0.39, 0.29) is 6.04 Å². The molecule has 0 amide bonds. The van der Waals surface area contributed by atoms with Crippen LogP contribution in [0.3, 0.4) is 0 Å². The minimum absolute atomic E-state index is 0.0775. The van der Waals surface area contributed by atoms with E-state index in [1.807, 2.05) is 7.05 Å². The second kappa shape index (κ2) is 3.56. The molecule has 0 bridgehead atoms. The zero-order valence-electron chi connectivity index (χ0n) is 6.72. The van der Waals surface area contributed by atoms with Crippen molar-refractivity contribution in [2.75, 3.05) is 7.05 Å². The van der Waals surface area contributed by atoms with Gasteiger partial charge in [-0.2, -0.15) is 0 Å². The first kappa shape index (κ1) is 8.32. The number of hydrogen-bond acceptors (Lipinski definition) is 2. The Kier molecular flexibility index (Phi) is 2.70. The number of thiophene rings is 1. The maximum absolute atomic E-state index is 5.32. The van der Waals surface area contributed by atoms with Crippen molar-refractivity contribution in [2.24, 2.45) is 0 Å². The third kappa shape index (κ3) is 1.83. The Labute approximate surface area is 71.4 Å². The summed E-state index contributed by atoms with van der Waals surface area (Å²) in [5.74, 6) is 2.68. The molecule has 0 saturated heterocycles. The van der Waals surface area contributed by atoms with E-state index in [9.17, 15) is 0 Å². The number of rotatable bonds is 2. The standard InChI is InChI=1S/C9H11NS/c1-4-8(10-3)9-6-5-7(2)11-9/h1,5-6,8,10H,2-3H3. The van der Waals surface area contributed by atoms with E-state index in [1.54, 1.807) is 11.3 Å². The minimum Gasteiger partial charge on any atom is -0.302 e. The molecule has 0 spiro atoms. The molecular weight excluding hydrogens is 154 g/mol. The molecule has 1 atom stereocenters. The average molecular weight is 165 g/mol. The van der Waals surface area contributed by atoms with Crippen LogP contribution in [0.1, 0.15) is 15.8 Å². The fourth-order valence-corrected chi connectivity index (χ4v) is 1.86. The van der Waals surface area contributed by atoms with Crippen molar-refractivity contribution in [2.45, 2.75) is 13.0 Å². The van der Waals surface area contributed by atoms with Gasteiger partial charge in [-0.15, -0.1) is 17.8 Å². The Balaban J connectivity index is 2.84. The van der Waals surface area contributed by atoms with Crippen LogP contribution < -0.4 is 5.32 Å². The Bertz CT molecular complexity index is 269. The Hall–Kier alpha value is -0.780. The highest BCUT2D eigenvalue weighted by Crippen LogP contribution is 2.21. The molecule has 0 aromatic carbocycles. The largest absolute Gasteiger partial charge is 0.302 e. The molecule has 58 valence electrons. The molecule has 0 radical (unpaired) electrons. The summed E-state index contributed by atoms with van der Waals surface area (Å²) < 4.78 is 0. The molecule has 0 saturated carbocycles. The van der Waals surface area contributed by atoms with Gasteiger partial charge in [0.2, 0.25) is 0 Å². The van der Waals surface area contributed by atoms with Crippen LogP contribution in [0.4, 0.5) is 0 Å². The lowest BCUT2D eigenvalue weighted by Gasteiger charge is -2.04. The quantitative estimate of drug-likeness (QED) is 0.660. The first-order valence-electron chi connectivity index (χ1n) is 3.47. The maximum atomic E-state index is 5.32. The number of nitrogens with one attached hydrogen (secondary N) is 1. The summed E-state index contributed by atoms with van der Waals surface area (Å²) in [6.45, 7) is 2.08. The van der Waals surface area contributed by atoms with Gasteiger partial charge in [-0.1, -0.05) is 5.92 Å². The molecule has 0 aliphatic carbocycles. The smallest absolute Gasteiger partial charge is 0.103 e. The van der Waals surface area contributed by atoms with E-state index in [4.69, 9.17) is 6.42 Å². The highest BCUT2D eigenvalue weighted by Gasteiger charge is 2.05. The number of hydrogen-bond donors (Lipinski definition) is 1. The molecule has 0 aliphatic rings. The van der Waals surface area contributed by atoms with Crippen molar-refractivity contribution in [3.63, 3.8) is 0 Å². The highest BCUT2D eigenvalue weighted by atomic mass is 32.1. The molecule has 1 nitrogen and oxygen atoms in total. The lowest BCUT2D eigenvalue weighted by molar-refractivity contribution is 0.749. The topological polar surface area (TPSA) is 12.0 Å². The summed E-state index contributed by atoms with van der Waals surface area (Å²) in [6, 6.07) is 4.23. The van der Waals surface area contributed by atoms with Gasteiger partial charge in [0.05, 0.1) is 0 Å². The van der Waals surface area contributed by atoms with Gasteiger partial charge in [0.1, 0.15) is 6.04 Å². The molecule has 2 heteroatoms. The Morgan fingerprint density at radius 2 is 2.36 bits per heavy atom. The fourth-order valence-electron chi connectivity index (χ4n) is 0.916. The van der Waals surface area contributed by atoms with Crippen molar-refractivity contribution in [1.29, 1.82) is 0 Å². The van der Waals surface area contributed by atoms with Crippen LogP contribution in [0.15, 0.2) is 12.1 Å². The van der Waals surface area contributed by atoms with E-state index in [1.165, 1.54) is 9.75 Å². The van der Waals surface area contributed by atoms with Crippen LogP contribution in [0.5, 0.6) is 0 Å². The monoisotopic (exact) mass is 165 g/mol. The first-order valence-corrected chi connectivity index (χ1v) is 4.29. The molecule has 1 unspecified atom stereocenters. The average Bonchev–Trinajstić information content (AvgIpc) is 2.39. The van der Waals surface area contributed by atoms with Crippen LogP contribution in [-0.4, -0.2) is 7.05 Å². The summed E-state index contributed by atoms with van der Waals surface area (Å²) in [7, 11) is 1.87. The zero-order chi connectivity index (χ0) is 8.27. The molecule has 11 heavy (non-hydrogen) atoms. The molecule has 0 aliphatic heterocycles. The molecule has 0 fully saturated rings. The Morgan fingerprint density at radius 1 is 1.64 bits per heavy atom. The normalized spacial score (nSPS) is 12.5. The van der Waals surface area contributed by atoms with Gasteiger partial charge in [-0.25, -0.2) is 0 Å². The molecule has 1 aromatic heterocycles. The van der Waals surface area contributed by atoms with E-state index >= 15 is 0 Å². The predicted octanol–water partition coefficient (Wildman–Crippen LogP) is 1.95. The second-order valence-electron chi connectivity index (χ2n) is 2.34. The van der Waals surface area contributed by atoms with Gasteiger partial charge in [0.15, 0.2) is 0 Å². The highest BCUT2D eigenvalue weighted by molar-refractivity contribution is 7.12. The SMILES string of the molecule is C#CC(NC)c1ccc(C)s1. The van der Waals surface area contributed by atoms with E-state index < -0.39 is 0 Å². The second-order valence-corrected chi connectivity index (χ2v) is 3.66. The van der Waals surface area contributed by atoms with Crippen molar-refractivity contribution in [1.82, 2.24) is 5.32 Å². The molecular formula is C9H11NS. The van der Waals surface area contributed by atoms with Crippen LogP contribution in [0.25, 0.3) is 0 Å². The molecule has 1 aromatic rings. The summed E-state index contributed by atoms with van der Waals surface area (Å²) in [5.41, 5.74) is 0. The lowest BCUT2D eigenvalue weighted by atomic mass is 10.2. The number of terminal acetylenes is 1. The molecule has 1 N–H and O–H groups in total. The zero-order valence-corrected chi connectivity index (χ0v) is 7.53. The van der Waals surface area contributed by atoms with Gasteiger partial charge in [0, 0.05) is 9.75 Å². The van der Waals surface area contributed by atoms with Crippen LogP contribution >= 0.6 is 11.3 Å². The van der Waals surface area contributed by atoms with E-state index in [0.717, 1.165) is 0 Å². The van der Waals surface area contributed by atoms with Gasteiger partial charge in [-0.3, -0.25) is 0 Å². The van der Waals surface area contributed by atoms with E-state index in [2.05, 4.69) is 30.3 Å². The summed E-state index contributed by atoms with van der Waals surface area (Å²) in [6.07, 6.45) is 5.32. The van der Waals surface area contributed by atoms with Gasteiger partial charge >= 0.3 is 0 Å². The van der Waals surface area contributed by atoms with Crippen molar-refractivity contribution in [3.8, 4) is 12.3 Å². The third-order valence-corrected chi connectivity index (χ3v) is 2.57. The van der Waals surface area contributed by atoms with Crippen molar-refractivity contribution < 1.29 is 0 Å². The van der Waals surface area contributed by atoms with E-state index in [0.29, 0.717) is 0 Å². The van der Waals surface area contributed by atoms with Crippen molar-refractivity contribution in [3.05, 3.63) is 21.9 Å². The van der Waals surface area contributed by atoms with Crippen LogP contribution in [-0.2, 0) is 0 Å². The third-order valence-electron chi connectivity index (χ3n) is 1.50. The number of aryl methyl sites for hydroxylation is 1. The van der Waals surface area contributed by atoms with Gasteiger partial charge in [0.25, 0.3) is 0 Å². The van der Waals surface area contributed by atoms with Crippen molar-refractivity contribution >= 4 is 11.3 Å². The Morgan fingerprint density at radius 3 is 2.73 bits per heavy atom. The summed E-state index contributed by atoms with van der Waals surface area (Å²) in [4.78, 5) is 2.52. The van der Waals surface area contributed by atoms with Crippen LogP contribution in [0.2, 0.25) is 0 Å². The minimum atomic E-state index is 0.0775. The molecule has 1 heterocycles.